The van der Waals surface area contributed by atoms with Gasteiger partial charge < -0.3 is 20.5 Å². The van der Waals surface area contributed by atoms with Crippen LogP contribution in [0.15, 0.2) is 18.2 Å². The quantitative estimate of drug-likeness (QED) is 0.792. The molecule has 0 aliphatic heterocycles. The van der Waals surface area contributed by atoms with Crippen molar-refractivity contribution in [2.75, 3.05) is 0 Å². The second kappa shape index (κ2) is 4.59. The van der Waals surface area contributed by atoms with Crippen molar-refractivity contribution < 1.29 is 15.0 Å². The van der Waals surface area contributed by atoms with Crippen molar-refractivity contribution in [3.63, 3.8) is 0 Å². The van der Waals surface area contributed by atoms with Crippen molar-refractivity contribution in [2.24, 2.45) is 5.73 Å². The number of aromatic nitrogens is 1. The summed E-state index contributed by atoms with van der Waals surface area (Å²) in [5, 5.41) is 19.5. The van der Waals surface area contributed by atoms with E-state index in [1.54, 1.807) is 18.2 Å². The molecule has 102 valence electrons. The maximum atomic E-state index is 11.2. The molecule has 0 amide bonds. The molecule has 2 rings (SSSR count). The van der Waals surface area contributed by atoms with E-state index in [4.69, 9.17) is 10.8 Å². The second-order valence-electron chi connectivity index (χ2n) is 4.98. The van der Waals surface area contributed by atoms with Crippen LogP contribution in [0.1, 0.15) is 37.2 Å². The molecule has 5 nitrogen and oxygen atoms in total. The summed E-state index contributed by atoms with van der Waals surface area (Å²) in [5.74, 6) is -0.971. The van der Waals surface area contributed by atoms with Crippen LogP contribution in [0, 0.1) is 6.92 Å². The lowest BCUT2D eigenvalue weighted by atomic mass is 10.0. The smallest absolute Gasteiger partial charge is 0.325 e. The normalized spacial score (nSPS) is 13.1. The molecule has 0 saturated carbocycles. The average Bonchev–Trinajstić information content (AvgIpc) is 2.59. The third kappa shape index (κ3) is 2.06. The highest BCUT2D eigenvalue weighted by atomic mass is 16.4. The van der Waals surface area contributed by atoms with Gasteiger partial charge in [-0.25, -0.2) is 0 Å². The van der Waals surface area contributed by atoms with E-state index in [-0.39, 0.29) is 11.8 Å². The van der Waals surface area contributed by atoms with Crippen LogP contribution in [0.3, 0.4) is 0 Å². The first kappa shape index (κ1) is 13.4. The third-order valence-electron chi connectivity index (χ3n) is 3.37. The Bertz CT molecular complexity index is 644. The van der Waals surface area contributed by atoms with Crippen LogP contribution >= 0.6 is 0 Å². The molecule has 0 fully saturated rings. The number of nitrogens with zero attached hydrogens (tertiary/aromatic N) is 1. The lowest BCUT2D eigenvalue weighted by Gasteiger charge is -2.13. The highest BCUT2D eigenvalue weighted by Crippen LogP contribution is 2.34. The summed E-state index contributed by atoms with van der Waals surface area (Å²) >= 11 is 0. The summed E-state index contributed by atoms with van der Waals surface area (Å²) in [6, 6.07) is 4.04. The fourth-order valence-electron chi connectivity index (χ4n) is 2.64. The first-order chi connectivity index (χ1) is 8.84. The molecule has 2 aromatic rings. The minimum absolute atomic E-state index is 0.104. The van der Waals surface area contributed by atoms with Crippen LogP contribution in [0.2, 0.25) is 0 Å². The van der Waals surface area contributed by atoms with Gasteiger partial charge in [0, 0.05) is 28.2 Å². The molecule has 0 radical (unpaired) electrons. The summed E-state index contributed by atoms with van der Waals surface area (Å²) in [6.45, 7) is 5.90. The number of phenolic OH excluding ortho intramolecular Hbond substituents is 1. The van der Waals surface area contributed by atoms with Gasteiger partial charge in [-0.2, -0.15) is 0 Å². The molecule has 1 aromatic heterocycles. The highest BCUT2D eigenvalue weighted by molar-refractivity contribution is 5.92. The number of phenols is 1. The second-order valence-corrected chi connectivity index (χ2v) is 4.98. The number of aromatic hydroxyl groups is 1. The van der Waals surface area contributed by atoms with Crippen molar-refractivity contribution in [3.05, 3.63) is 29.5 Å². The fourth-order valence-corrected chi connectivity index (χ4v) is 2.64. The average molecular weight is 262 g/mol. The summed E-state index contributed by atoms with van der Waals surface area (Å²) in [5.41, 5.74) is 8.05. The van der Waals surface area contributed by atoms with E-state index >= 15 is 0 Å². The molecule has 0 aliphatic rings. The van der Waals surface area contributed by atoms with Gasteiger partial charge in [0.15, 0.2) is 0 Å². The number of carboxylic acid groups (broad SMARTS) is 1. The minimum atomic E-state index is -1.09. The number of carboxylic acids is 1. The highest BCUT2D eigenvalue weighted by Gasteiger charge is 2.24. The molecule has 1 aromatic carbocycles. The molecule has 0 bridgehead atoms. The molecule has 0 saturated heterocycles. The van der Waals surface area contributed by atoms with Gasteiger partial charge >= 0.3 is 5.97 Å². The Kier molecular flexibility index (Phi) is 3.24. The molecule has 4 N–H and O–H groups in total. The van der Waals surface area contributed by atoms with Gasteiger partial charge in [-0.15, -0.1) is 0 Å². The first-order valence-electron chi connectivity index (χ1n) is 6.16. The Morgan fingerprint density at radius 2 is 2.00 bits per heavy atom. The lowest BCUT2D eigenvalue weighted by molar-refractivity contribution is -0.138. The van der Waals surface area contributed by atoms with Crippen LogP contribution in [0.5, 0.6) is 5.75 Å². The summed E-state index contributed by atoms with van der Waals surface area (Å²) in [6.07, 6.45) is 0. The van der Waals surface area contributed by atoms with Crippen LogP contribution in [0.4, 0.5) is 0 Å². The van der Waals surface area contributed by atoms with Crippen LogP contribution < -0.4 is 5.73 Å². The van der Waals surface area contributed by atoms with Crippen LogP contribution in [-0.2, 0) is 4.79 Å². The predicted octanol–water partition coefficient (Wildman–Crippen LogP) is 2.32. The van der Waals surface area contributed by atoms with Gasteiger partial charge in [-0.05, 0) is 39.0 Å². The Balaban J connectivity index is 2.85. The lowest BCUT2D eigenvalue weighted by Crippen LogP contribution is -2.21. The number of aliphatic carboxylic acids is 1. The zero-order valence-corrected chi connectivity index (χ0v) is 11.2. The zero-order valence-electron chi connectivity index (χ0n) is 11.2. The standard InChI is InChI=1S/C14H18N2O3/c1-7(2)16-8(3)12(13(15)14(18)19)10-6-9(17)4-5-11(10)16/h4-7,13,17H,15H2,1-3H3,(H,18,19). The summed E-state index contributed by atoms with van der Waals surface area (Å²) in [4.78, 5) is 11.2. The van der Waals surface area contributed by atoms with Crippen LogP contribution in [0.25, 0.3) is 10.9 Å². The number of carbonyl (C=O) groups is 1. The number of hydrogen-bond acceptors (Lipinski definition) is 3. The molecule has 0 spiro atoms. The summed E-state index contributed by atoms with van der Waals surface area (Å²) < 4.78 is 2.03. The van der Waals surface area contributed by atoms with E-state index in [2.05, 4.69) is 0 Å². The third-order valence-corrected chi connectivity index (χ3v) is 3.37. The van der Waals surface area contributed by atoms with Crippen molar-refractivity contribution in [3.8, 4) is 5.75 Å². The van der Waals surface area contributed by atoms with Crippen molar-refractivity contribution in [2.45, 2.75) is 32.9 Å². The van der Waals surface area contributed by atoms with Gasteiger partial charge in [-0.3, -0.25) is 4.79 Å². The van der Waals surface area contributed by atoms with Gasteiger partial charge in [0.1, 0.15) is 11.8 Å². The van der Waals surface area contributed by atoms with Gasteiger partial charge in [0.2, 0.25) is 0 Å². The van der Waals surface area contributed by atoms with Crippen molar-refractivity contribution >= 4 is 16.9 Å². The topological polar surface area (TPSA) is 88.5 Å². The monoisotopic (exact) mass is 262 g/mol. The fraction of sp³-hybridized carbons (Fsp3) is 0.357. The molecule has 0 aliphatic carbocycles. The molecule has 1 heterocycles. The van der Waals surface area contributed by atoms with E-state index in [1.165, 1.54) is 0 Å². The molecule has 1 atom stereocenters. The Morgan fingerprint density at radius 1 is 1.37 bits per heavy atom. The van der Waals surface area contributed by atoms with Crippen LogP contribution in [-0.4, -0.2) is 20.7 Å². The molecule has 19 heavy (non-hydrogen) atoms. The van der Waals surface area contributed by atoms with E-state index in [1.807, 2.05) is 25.3 Å². The molecule has 5 heteroatoms. The molecular formula is C14H18N2O3. The van der Waals surface area contributed by atoms with Crippen molar-refractivity contribution in [1.29, 1.82) is 0 Å². The van der Waals surface area contributed by atoms with Crippen molar-refractivity contribution in [1.82, 2.24) is 4.57 Å². The first-order valence-corrected chi connectivity index (χ1v) is 6.16. The van der Waals surface area contributed by atoms with Gasteiger partial charge in [0.25, 0.3) is 0 Å². The number of benzene rings is 1. The predicted molar refractivity (Wildman–Crippen MR) is 73.3 cm³/mol. The Hall–Kier alpha value is -2.01. The SMILES string of the molecule is Cc1c(C(N)C(=O)O)c2cc(O)ccc2n1C(C)C. The van der Waals surface area contributed by atoms with Gasteiger partial charge in [0.05, 0.1) is 0 Å². The van der Waals surface area contributed by atoms with E-state index < -0.39 is 12.0 Å². The van der Waals surface area contributed by atoms with E-state index in [0.29, 0.717) is 10.9 Å². The zero-order chi connectivity index (χ0) is 14.3. The van der Waals surface area contributed by atoms with E-state index in [0.717, 1.165) is 11.2 Å². The van der Waals surface area contributed by atoms with E-state index in [9.17, 15) is 9.90 Å². The number of rotatable bonds is 3. The maximum Gasteiger partial charge on any atom is 0.325 e. The molecular weight excluding hydrogens is 244 g/mol. The number of hydrogen-bond donors (Lipinski definition) is 3. The Labute approximate surface area is 111 Å². The van der Waals surface area contributed by atoms with Gasteiger partial charge in [-0.1, -0.05) is 0 Å². The number of fused-ring (bicyclic) bond motifs is 1. The molecule has 1 unspecified atom stereocenters. The summed E-state index contributed by atoms with van der Waals surface area (Å²) in [7, 11) is 0. The largest absolute Gasteiger partial charge is 0.508 e. The minimum Gasteiger partial charge on any atom is -0.508 e. The maximum absolute atomic E-state index is 11.2. The number of nitrogens with two attached hydrogens (primary N) is 1. The Morgan fingerprint density at radius 3 is 2.53 bits per heavy atom.